The maximum absolute atomic E-state index is 10.0. The highest BCUT2D eigenvalue weighted by atomic mass is 16.8. The fourth-order valence-corrected chi connectivity index (χ4v) is 5.71. The Bertz CT molecular complexity index is 629. The summed E-state index contributed by atoms with van der Waals surface area (Å²) in [5, 5.41) is 19.7. The molecule has 0 aromatic carbocycles. The number of rotatable bonds is 2. The van der Waals surface area contributed by atoms with Gasteiger partial charge in [-0.3, -0.25) is 0 Å². The summed E-state index contributed by atoms with van der Waals surface area (Å²) in [6, 6.07) is -0.928. The molecule has 4 unspecified atom stereocenters. The summed E-state index contributed by atoms with van der Waals surface area (Å²) in [7, 11) is 11.4. The summed E-state index contributed by atoms with van der Waals surface area (Å²) < 4.78 is 26.7. The van der Waals surface area contributed by atoms with Crippen LogP contribution in [0.1, 0.15) is 12.8 Å². The van der Waals surface area contributed by atoms with E-state index in [1.807, 2.05) is 0 Å². The molecule has 6 N–H and O–H groups in total. The second-order valence-electron chi connectivity index (χ2n) is 8.18. The molecule has 0 spiro atoms. The predicted octanol–water partition coefficient (Wildman–Crippen LogP) is -3.39. The summed E-state index contributed by atoms with van der Waals surface area (Å²) in [6.07, 6.45) is 0.401. The lowest BCUT2D eigenvalue weighted by Gasteiger charge is -2.63. The van der Waals surface area contributed by atoms with Crippen molar-refractivity contribution < 1.29 is 33.9 Å². The third-order valence-electron chi connectivity index (χ3n) is 6.86. The number of hydrogen-bond donors (Lipinski definition) is 4. The largest absolute Gasteiger partial charge is 0.377 e. The van der Waals surface area contributed by atoms with Gasteiger partial charge in [0.25, 0.3) is 0 Å². The maximum Gasteiger partial charge on any atom is 0.179 e. The van der Waals surface area contributed by atoms with Gasteiger partial charge in [-0.05, 0) is 0 Å². The van der Waals surface area contributed by atoms with E-state index in [1.54, 1.807) is 0 Å². The van der Waals surface area contributed by atoms with E-state index >= 15 is 0 Å². The van der Waals surface area contributed by atoms with Crippen molar-refractivity contribution in [1.82, 2.24) is 0 Å². The Balaban J connectivity index is 0.000000117. The molecule has 2 aliphatic carbocycles. The molecule has 26 heavy (non-hydrogen) atoms. The molecule has 4 radical (unpaired) electrons. The first kappa shape index (κ1) is 17.8. The standard InChI is InChI=1S/C8H12BNO4.C7H10BNO3/c9-6-4-5-7(2-10,14-6)1-8(5,11)13-3-12-4;8-5-3-4-6(2-9,12-5)1-7(4,10)11-3/h4-6,11H,1-3,10H2;3-5,10H,1-2,9H2/t4-,5?,6+,7+,8?;3-,4?,5+,6+,7?/m00/s1. The molecule has 10 atom stereocenters. The highest BCUT2D eigenvalue weighted by molar-refractivity contribution is 6.12. The Labute approximate surface area is 153 Å². The topological polar surface area (TPSA) is 139 Å². The van der Waals surface area contributed by atoms with Crippen molar-refractivity contribution in [3.63, 3.8) is 0 Å². The second-order valence-corrected chi connectivity index (χ2v) is 8.18. The molecule has 140 valence electrons. The van der Waals surface area contributed by atoms with Gasteiger partial charge in [0.15, 0.2) is 18.4 Å². The zero-order chi connectivity index (χ0) is 18.5. The van der Waals surface area contributed by atoms with Crippen molar-refractivity contribution in [3.05, 3.63) is 0 Å². The van der Waals surface area contributed by atoms with Gasteiger partial charge < -0.3 is 45.4 Å². The zero-order valence-corrected chi connectivity index (χ0v) is 14.2. The van der Waals surface area contributed by atoms with E-state index in [2.05, 4.69) is 0 Å². The molecule has 4 aliphatic heterocycles. The Kier molecular flexibility index (Phi) is 3.58. The van der Waals surface area contributed by atoms with Crippen LogP contribution in [0.5, 0.6) is 0 Å². The molecule has 4 heterocycles. The van der Waals surface area contributed by atoms with E-state index in [9.17, 15) is 10.2 Å². The van der Waals surface area contributed by atoms with Crippen molar-refractivity contribution in [2.45, 2.75) is 59.8 Å². The van der Waals surface area contributed by atoms with Crippen LogP contribution in [0, 0.1) is 11.8 Å². The van der Waals surface area contributed by atoms with Gasteiger partial charge in [-0.1, -0.05) is 0 Å². The van der Waals surface area contributed by atoms with Crippen LogP contribution in [0.15, 0.2) is 0 Å². The van der Waals surface area contributed by atoms with Gasteiger partial charge in [0.2, 0.25) is 0 Å². The molecular formula is C15H22B2N2O7. The molecule has 6 aliphatic rings. The Morgan fingerprint density at radius 2 is 1.38 bits per heavy atom. The molecule has 2 saturated carbocycles. The van der Waals surface area contributed by atoms with Crippen molar-refractivity contribution in [1.29, 1.82) is 0 Å². The fraction of sp³-hybridized carbons (Fsp3) is 1.00. The lowest BCUT2D eigenvalue weighted by molar-refractivity contribution is -0.428. The average molecular weight is 364 g/mol. The van der Waals surface area contributed by atoms with Gasteiger partial charge >= 0.3 is 0 Å². The van der Waals surface area contributed by atoms with Gasteiger partial charge in [0, 0.05) is 37.9 Å². The molecule has 0 aromatic heterocycles. The van der Waals surface area contributed by atoms with Crippen molar-refractivity contribution in [2.24, 2.45) is 23.3 Å². The molecule has 0 amide bonds. The average Bonchev–Trinajstić information content (AvgIpc) is 2.89. The van der Waals surface area contributed by atoms with Crippen LogP contribution in [0.4, 0.5) is 0 Å². The number of hydrogen-bond acceptors (Lipinski definition) is 9. The summed E-state index contributed by atoms with van der Waals surface area (Å²) in [6.45, 7) is 0.805. The van der Waals surface area contributed by atoms with Crippen molar-refractivity contribution in [2.75, 3.05) is 19.9 Å². The molecule has 0 bridgehead atoms. The predicted molar refractivity (Wildman–Crippen MR) is 86.6 cm³/mol. The second kappa shape index (κ2) is 5.22. The normalized spacial score (nSPS) is 63.4. The summed E-state index contributed by atoms with van der Waals surface area (Å²) in [5.74, 6) is -2.36. The minimum Gasteiger partial charge on any atom is -0.377 e. The van der Waals surface area contributed by atoms with Gasteiger partial charge in [-0.15, -0.1) is 0 Å². The molecule has 6 fully saturated rings. The first-order valence-electron chi connectivity index (χ1n) is 8.88. The van der Waals surface area contributed by atoms with Gasteiger partial charge in [0.05, 0.1) is 35.2 Å². The maximum atomic E-state index is 10.0. The lowest BCUT2D eigenvalue weighted by Crippen LogP contribution is -2.78. The van der Waals surface area contributed by atoms with Crippen molar-refractivity contribution >= 4 is 15.7 Å². The van der Waals surface area contributed by atoms with Crippen LogP contribution in [0.3, 0.4) is 0 Å². The lowest BCUT2D eigenvalue weighted by atomic mass is 9.58. The van der Waals surface area contributed by atoms with E-state index in [1.165, 1.54) is 0 Å². The SMILES string of the molecule is [B][C@@H]1O[C@@]2(CN)CC3(O)OCO[C@H]1C32.[B][C@@H]1O[C@@]2(CN)CC3(O)O[C@H]1C32. The number of ether oxygens (including phenoxy) is 5. The highest BCUT2D eigenvalue weighted by Gasteiger charge is 2.79. The van der Waals surface area contributed by atoms with Gasteiger partial charge in [0.1, 0.15) is 15.7 Å². The minimum atomic E-state index is -1.14. The van der Waals surface area contributed by atoms with E-state index in [0.717, 1.165) is 0 Å². The minimum absolute atomic E-state index is 0.00463. The fourth-order valence-electron chi connectivity index (χ4n) is 5.71. The van der Waals surface area contributed by atoms with E-state index in [-0.39, 0.29) is 30.8 Å². The monoisotopic (exact) mass is 364 g/mol. The Hall–Kier alpha value is -0.230. The Morgan fingerprint density at radius 1 is 0.846 bits per heavy atom. The van der Waals surface area contributed by atoms with Crippen LogP contribution in [0.25, 0.3) is 0 Å². The smallest absolute Gasteiger partial charge is 0.179 e. The number of aliphatic hydroxyl groups is 2. The van der Waals surface area contributed by atoms with Gasteiger partial charge in [-0.25, -0.2) is 0 Å². The Morgan fingerprint density at radius 3 is 1.96 bits per heavy atom. The van der Waals surface area contributed by atoms with Crippen LogP contribution in [0.2, 0.25) is 0 Å². The highest BCUT2D eigenvalue weighted by Crippen LogP contribution is 2.65. The zero-order valence-electron chi connectivity index (χ0n) is 14.2. The quantitative estimate of drug-likeness (QED) is 0.370. The molecule has 11 heteroatoms. The van der Waals surface area contributed by atoms with Crippen LogP contribution < -0.4 is 11.5 Å². The van der Waals surface area contributed by atoms with Crippen LogP contribution >= 0.6 is 0 Å². The molecule has 6 rings (SSSR count). The first-order chi connectivity index (χ1) is 12.2. The third kappa shape index (κ3) is 1.94. The molecule has 4 saturated heterocycles. The van der Waals surface area contributed by atoms with E-state index < -0.39 is 34.8 Å². The summed E-state index contributed by atoms with van der Waals surface area (Å²) in [5.41, 5.74) is 10.3. The van der Waals surface area contributed by atoms with E-state index in [0.29, 0.717) is 25.9 Å². The first-order valence-corrected chi connectivity index (χ1v) is 8.88. The van der Waals surface area contributed by atoms with Crippen LogP contribution in [-0.2, 0) is 23.7 Å². The molecule has 9 nitrogen and oxygen atoms in total. The van der Waals surface area contributed by atoms with E-state index in [4.69, 9.17) is 50.8 Å². The third-order valence-corrected chi connectivity index (χ3v) is 6.86. The number of nitrogens with two attached hydrogens (primary N) is 2. The molecular weight excluding hydrogens is 342 g/mol. The van der Waals surface area contributed by atoms with Crippen LogP contribution in [-0.4, -0.2) is 92.8 Å². The molecule has 0 aromatic rings. The van der Waals surface area contributed by atoms with Gasteiger partial charge in [-0.2, -0.15) is 0 Å². The van der Waals surface area contributed by atoms with Crippen molar-refractivity contribution in [3.8, 4) is 0 Å². The summed E-state index contributed by atoms with van der Waals surface area (Å²) >= 11 is 0. The summed E-state index contributed by atoms with van der Waals surface area (Å²) in [4.78, 5) is 0.